The fourth-order valence-corrected chi connectivity index (χ4v) is 2.51. The molecule has 1 aliphatic heterocycles. The lowest BCUT2D eigenvalue weighted by molar-refractivity contribution is 0.415. The molecule has 18 heavy (non-hydrogen) atoms. The minimum absolute atomic E-state index is 0.857. The van der Waals surface area contributed by atoms with Crippen molar-refractivity contribution in [1.29, 1.82) is 0 Å². The second-order valence-electron chi connectivity index (χ2n) is 4.63. The molecule has 4 nitrogen and oxygen atoms in total. The van der Waals surface area contributed by atoms with Crippen molar-refractivity contribution in [3.8, 4) is 5.75 Å². The van der Waals surface area contributed by atoms with E-state index in [0.717, 1.165) is 35.6 Å². The first kappa shape index (κ1) is 11.3. The van der Waals surface area contributed by atoms with Gasteiger partial charge in [0.1, 0.15) is 17.9 Å². The number of nitrogens with zero attached hydrogens (tertiary/aromatic N) is 3. The number of anilines is 1. The fourth-order valence-electron chi connectivity index (χ4n) is 2.51. The first-order valence-corrected chi connectivity index (χ1v) is 6.42. The Morgan fingerprint density at radius 1 is 1.11 bits per heavy atom. The van der Waals surface area contributed by atoms with Crippen molar-refractivity contribution >= 4 is 16.7 Å². The molecule has 0 atom stereocenters. The summed E-state index contributed by atoms with van der Waals surface area (Å²) < 4.78 is 5.29. The largest absolute Gasteiger partial charge is 0.497 e. The summed E-state index contributed by atoms with van der Waals surface area (Å²) in [5.41, 5.74) is 0.978. The summed E-state index contributed by atoms with van der Waals surface area (Å²) in [5.74, 6) is 1.90. The van der Waals surface area contributed by atoms with E-state index in [4.69, 9.17) is 4.74 Å². The summed E-state index contributed by atoms with van der Waals surface area (Å²) in [4.78, 5) is 11.1. The Bertz CT molecular complexity index is 550. The molecule has 4 heteroatoms. The monoisotopic (exact) mass is 243 g/mol. The van der Waals surface area contributed by atoms with Gasteiger partial charge in [0, 0.05) is 18.5 Å². The van der Waals surface area contributed by atoms with Gasteiger partial charge < -0.3 is 9.64 Å². The van der Waals surface area contributed by atoms with E-state index in [1.807, 2.05) is 18.2 Å². The average Bonchev–Trinajstić information content (AvgIpc) is 2.47. The summed E-state index contributed by atoms with van der Waals surface area (Å²) in [6, 6.07) is 5.96. The minimum atomic E-state index is 0.857. The van der Waals surface area contributed by atoms with Crippen LogP contribution < -0.4 is 9.64 Å². The normalized spacial score (nSPS) is 15.9. The van der Waals surface area contributed by atoms with Gasteiger partial charge in [0.25, 0.3) is 0 Å². The van der Waals surface area contributed by atoms with Gasteiger partial charge in [-0.15, -0.1) is 0 Å². The maximum atomic E-state index is 5.29. The van der Waals surface area contributed by atoms with Crippen LogP contribution in [0.15, 0.2) is 24.5 Å². The number of fused-ring (bicyclic) bond motifs is 1. The molecule has 2 aromatic rings. The standard InChI is InChI=1S/C14H17N3O/c1-18-11-5-6-13-12(9-11)14(16-10-15-13)17-7-3-2-4-8-17/h5-6,9-10H,2-4,7-8H2,1H3. The van der Waals surface area contributed by atoms with E-state index in [-0.39, 0.29) is 0 Å². The highest BCUT2D eigenvalue weighted by molar-refractivity contribution is 5.90. The fraction of sp³-hybridized carbons (Fsp3) is 0.429. The molecule has 1 aromatic carbocycles. The van der Waals surface area contributed by atoms with Crippen molar-refractivity contribution in [3.63, 3.8) is 0 Å². The first-order valence-electron chi connectivity index (χ1n) is 6.42. The Morgan fingerprint density at radius 2 is 1.94 bits per heavy atom. The van der Waals surface area contributed by atoms with Crippen LogP contribution in [0, 0.1) is 0 Å². The van der Waals surface area contributed by atoms with E-state index in [1.165, 1.54) is 19.3 Å². The predicted molar refractivity (Wildman–Crippen MR) is 72.2 cm³/mol. The molecule has 2 heterocycles. The third-order valence-electron chi connectivity index (χ3n) is 3.48. The van der Waals surface area contributed by atoms with Crippen LogP contribution in [0.1, 0.15) is 19.3 Å². The van der Waals surface area contributed by atoms with Crippen LogP contribution in [0.2, 0.25) is 0 Å². The summed E-state index contributed by atoms with van der Waals surface area (Å²) in [5, 5.41) is 1.08. The number of aromatic nitrogens is 2. The van der Waals surface area contributed by atoms with Crippen molar-refractivity contribution < 1.29 is 4.74 Å². The number of benzene rings is 1. The van der Waals surface area contributed by atoms with Crippen LogP contribution in [0.5, 0.6) is 5.75 Å². The van der Waals surface area contributed by atoms with E-state index in [1.54, 1.807) is 13.4 Å². The van der Waals surface area contributed by atoms with E-state index in [0.29, 0.717) is 0 Å². The van der Waals surface area contributed by atoms with Crippen molar-refractivity contribution in [3.05, 3.63) is 24.5 Å². The molecule has 0 saturated carbocycles. The molecule has 1 saturated heterocycles. The third-order valence-corrected chi connectivity index (χ3v) is 3.48. The second kappa shape index (κ2) is 4.80. The first-order chi connectivity index (χ1) is 8.88. The summed E-state index contributed by atoms with van der Waals surface area (Å²) >= 11 is 0. The van der Waals surface area contributed by atoms with Gasteiger partial charge in [-0.1, -0.05) is 0 Å². The lowest BCUT2D eigenvalue weighted by atomic mass is 10.1. The van der Waals surface area contributed by atoms with Crippen LogP contribution in [0.3, 0.4) is 0 Å². The number of hydrogen-bond acceptors (Lipinski definition) is 4. The Labute approximate surface area is 107 Å². The molecule has 0 spiro atoms. The van der Waals surface area contributed by atoms with Gasteiger partial charge in [-0.05, 0) is 37.5 Å². The summed E-state index contributed by atoms with van der Waals surface area (Å²) in [6.07, 6.45) is 5.46. The average molecular weight is 243 g/mol. The number of hydrogen-bond donors (Lipinski definition) is 0. The van der Waals surface area contributed by atoms with Crippen LogP contribution in [-0.4, -0.2) is 30.2 Å². The van der Waals surface area contributed by atoms with Crippen molar-refractivity contribution in [2.75, 3.05) is 25.1 Å². The zero-order valence-corrected chi connectivity index (χ0v) is 10.6. The van der Waals surface area contributed by atoms with Gasteiger partial charge in [-0.3, -0.25) is 0 Å². The lowest BCUT2D eigenvalue weighted by Gasteiger charge is -2.28. The van der Waals surface area contributed by atoms with E-state index in [9.17, 15) is 0 Å². The van der Waals surface area contributed by atoms with Crippen LogP contribution >= 0.6 is 0 Å². The lowest BCUT2D eigenvalue weighted by Crippen LogP contribution is -2.30. The second-order valence-corrected chi connectivity index (χ2v) is 4.63. The number of rotatable bonds is 2. The Hall–Kier alpha value is -1.84. The topological polar surface area (TPSA) is 38.3 Å². The highest BCUT2D eigenvalue weighted by Gasteiger charge is 2.15. The molecule has 1 aromatic heterocycles. The van der Waals surface area contributed by atoms with Gasteiger partial charge in [-0.25, -0.2) is 9.97 Å². The van der Waals surface area contributed by atoms with Gasteiger partial charge in [0.15, 0.2) is 0 Å². The zero-order chi connectivity index (χ0) is 12.4. The van der Waals surface area contributed by atoms with Gasteiger partial charge in [0.05, 0.1) is 12.6 Å². The van der Waals surface area contributed by atoms with Crippen molar-refractivity contribution in [2.24, 2.45) is 0 Å². The Morgan fingerprint density at radius 3 is 2.72 bits per heavy atom. The molecular formula is C14H17N3O. The van der Waals surface area contributed by atoms with Crippen LogP contribution in [0.25, 0.3) is 10.9 Å². The third kappa shape index (κ3) is 1.98. The molecular weight excluding hydrogens is 226 g/mol. The molecule has 0 aliphatic carbocycles. The molecule has 0 amide bonds. The molecule has 3 rings (SSSR count). The van der Waals surface area contributed by atoms with E-state index in [2.05, 4.69) is 14.9 Å². The molecule has 0 N–H and O–H groups in total. The highest BCUT2D eigenvalue weighted by atomic mass is 16.5. The molecule has 1 aliphatic rings. The Balaban J connectivity index is 2.09. The van der Waals surface area contributed by atoms with Crippen LogP contribution in [0.4, 0.5) is 5.82 Å². The smallest absolute Gasteiger partial charge is 0.140 e. The summed E-state index contributed by atoms with van der Waals surface area (Å²) in [7, 11) is 1.69. The minimum Gasteiger partial charge on any atom is -0.497 e. The Kier molecular flexibility index (Phi) is 3.00. The SMILES string of the molecule is COc1ccc2ncnc(N3CCCCC3)c2c1. The van der Waals surface area contributed by atoms with E-state index >= 15 is 0 Å². The van der Waals surface area contributed by atoms with Gasteiger partial charge in [-0.2, -0.15) is 0 Å². The number of methoxy groups -OCH3 is 1. The van der Waals surface area contributed by atoms with Crippen molar-refractivity contribution in [1.82, 2.24) is 9.97 Å². The van der Waals surface area contributed by atoms with Gasteiger partial charge >= 0.3 is 0 Å². The summed E-state index contributed by atoms with van der Waals surface area (Å²) in [6.45, 7) is 2.17. The predicted octanol–water partition coefficient (Wildman–Crippen LogP) is 2.63. The maximum Gasteiger partial charge on any atom is 0.140 e. The maximum absolute atomic E-state index is 5.29. The number of piperidine rings is 1. The zero-order valence-electron chi connectivity index (χ0n) is 10.6. The molecule has 94 valence electrons. The van der Waals surface area contributed by atoms with Crippen molar-refractivity contribution in [2.45, 2.75) is 19.3 Å². The number of ether oxygens (including phenoxy) is 1. The molecule has 0 bridgehead atoms. The molecule has 0 radical (unpaired) electrons. The quantitative estimate of drug-likeness (QED) is 0.812. The van der Waals surface area contributed by atoms with Gasteiger partial charge in [0.2, 0.25) is 0 Å². The van der Waals surface area contributed by atoms with E-state index < -0.39 is 0 Å². The highest BCUT2D eigenvalue weighted by Crippen LogP contribution is 2.28. The molecule has 1 fully saturated rings. The van der Waals surface area contributed by atoms with Crippen LogP contribution in [-0.2, 0) is 0 Å². The molecule has 0 unspecified atom stereocenters.